The van der Waals surface area contributed by atoms with E-state index >= 15 is 0 Å². The molecule has 0 aliphatic carbocycles. The van der Waals surface area contributed by atoms with Gasteiger partial charge in [-0.2, -0.15) is 0 Å². The number of rotatable bonds is 6. The molecule has 1 N–H and O–H groups in total. The molecule has 2 aromatic carbocycles. The van der Waals surface area contributed by atoms with Gasteiger partial charge < -0.3 is 9.84 Å². The Morgan fingerprint density at radius 1 is 1.20 bits per heavy atom. The van der Waals surface area contributed by atoms with Crippen molar-refractivity contribution in [1.29, 1.82) is 0 Å². The minimum absolute atomic E-state index is 0.194. The summed E-state index contributed by atoms with van der Waals surface area (Å²) in [7, 11) is 0. The smallest absolute Gasteiger partial charge is 0.251 e. The summed E-state index contributed by atoms with van der Waals surface area (Å²) in [4.78, 5) is 12.9. The number of halogens is 1. The van der Waals surface area contributed by atoms with Crippen LogP contribution in [0.1, 0.15) is 27.4 Å². The SMILES string of the molecule is Cc1noc(C)c1-c1cc(C(=O)NCCc2cccc(Cl)c2)cc(-n2cnnn2)c1. The van der Waals surface area contributed by atoms with Crippen LogP contribution in [0.2, 0.25) is 5.02 Å². The summed E-state index contributed by atoms with van der Waals surface area (Å²) in [6, 6.07) is 13.0. The molecule has 0 radical (unpaired) electrons. The summed E-state index contributed by atoms with van der Waals surface area (Å²) in [5, 5.41) is 19.0. The Kier molecular flexibility index (Phi) is 5.58. The van der Waals surface area contributed by atoms with Gasteiger partial charge in [-0.3, -0.25) is 4.79 Å². The topological polar surface area (TPSA) is 98.7 Å². The Hall–Kier alpha value is -3.52. The molecule has 0 aliphatic rings. The zero-order chi connectivity index (χ0) is 21.1. The lowest BCUT2D eigenvalue weighted by molar-refractivity contribution is 0.0954. The molecular weight excluding hydrogens is 404 g/mol. The number of aromatic nitrogens is 5. The van der Waals surface area contributed by atoms with Crippen molar-refractivity contribution in [3.63, 3.8) is 0 Å². The van der Waals surface area contributed by atoms with Gasteiger partial charge in [0.2, 0.25) is 0 Å². The molecule has 152 valence electrons. The van der Waals surface area contributed by atoms with Gasteiger partial charge in [0.05, 0.1) is 11.4 Å². The van der Waals surface area contributed by atoms with E-state index in [9.17, 15) is 4.79 Å². The minimum Gasteiger partial charge on any atom is -0.361 e. The van der Waals surface area contributed by atoms with Gasteiger partial charge in [0.1, 0.15) is 12.1 Å². The fraction of sp³-hybridized carbons (Fsp3) is 0.190. The van der Waals surface area contributed by atoms with Crippen LogP contribution < -0.4 is 5.32 Å². The van der Waals surface area contributed by atoms with Gasteiger partial charge in [0.15, 0.2) is 0 Å². The monoisotopic (exact) mass is 422 g/mol. The van der Waals surface area contributed by atoms with Crippen LogP contribution >= 0.6 is 11.6 Å². The maximum atomic E-state index is 12.9. The summed E-state index contributed by atoms with van der Waals surface area (Å²) < 4.78 is 6.80. The predicted octanol–water partition coefficient (Wildman–Crippen LogP) is 3.56. The van der Waals surface area contributed by atoms with Gasteiger partial charge in [-0.25, -0.2) is 4.68 Å². The molecule has 2 aromatic heterocycles. The molecule has 0 unspecified atom stereocenters. The van der Waals surface area contributed by atoms with Crippen molar-refractivity contribution in [3.8, 4) is 16.8 Å². The number of amides is 1. The van der Waals surface area contributed by atoms with Crippen molar-refractivity contribution in [2.24, 2.45) is 0 Å². The Morgan fingerprint density at radius 3 is 2.77 bits per heavy atom. The molecule has 9 heteroatoms. The van der Waals surface area contributed by atoms with E-state index < -0.39 is 0 Å². The maximum absolute atomic E-state index is 12.9. The average molecular weight is 423 g/mol. The molecule has 30 heavy (non-hydrogen) atoms. The molecule has 0 atom stereocenters. The molecule has 4 rings (SSSR count). The third-order valence-electron chi connectivity index (χ3n) is 4.70. The first-order chi connectivity index (χ1) is 14.5. The number of hydrogen-bond donors (Lipinski definition) is 1. The first kappa shape index (κ1) is 19.8. The number of aryl methyl sites for hydroxylation is 2. The first-order valence-electron chi connectivity index (χ1n) is 9.35. The van der Waals surface area contributed by atoms with Crippen molar-refractivity contribution in [2.75, 3.05) is 6.54 Å². The van der Waals surface area contributed by atoms with E-state index in [1.54, 1.807) is 6.07 Å². The average Bonchev–Trinajstić information content (AvgIpc) is 3.38. The third kappa shape index (κ3) is 4.23. The number of hydrogen-bond acceptors (Lipinski definition) is 6. The molecule has 8 nitrogen and oxygen atoms in total. The Labute approximate surface area is 177 Å². The lowest BCUT2D eigenvalue weighted by Gasteiger charge is -2.10. The van der Waals surface area contributed by atoms with Crippen LogP contribution in [0, 0.1) is 13.8 Å². The second-order valence-electron chi connectivity index (χ2n) is 6.86. The van der Waals surface area contributed by atoms with Crippen molar-refractivity contribution in [3.05, 3.63) is 76.4 Å². The van der Waals surface area contributed by atoms with Crippen LogP contribution in [0.3, 0.4) is 0 Å². The van der Waals surface area contributed by atoms with Crippen molar-refractivity contribution in [2.45, 2.75) is 20.3 Å². The number of tetrazole rings is 1. The summed E-state index contributed by atoms with van der Waals surface area (Å²) in [5.41, 5.74) is 4.61. The molecular formula is C21H19ClN6O2. The predicted molar refractivity (Wildman–Crippen MR) is 112 cm³/mol. The van der Waals surface area contributed by atoms with E-state index in [4.69, 9.17) is 16.1 Å². The summed E-state index contributed by atoms with van der Waals surface area (Å²) in [6.45, 7) is 4.18. The molecule has 0 spiro atoms. The van der Waals surface area contributed by atoms with Gasteiger partial charge in [0, 0.05) is 22.7 Å². The van der Waals surface area contributed by atoms with Crippen LogP contribution in [0.5, 0.6) is 0 Å². The van der Waals surface area contributed by atoms with Crippen LogP contribution in [-0.4, -0.2) is 37.8 Å². The number of nitrogens with zero attached hydrogens (tertiary/aromatic N) is 5. The van der Waals surface area contributed by atoms with Crippen molar-refractivity contribution >= 4 is 17.5 Å². The van der Waals surface area contributed by atoms with Gasteiger partial charge in [0.25, 0.3) is 5.91 Å². The number of carbonyl (C=O) groups is 1. The van der Waals surface area contributed by atoms with Gasteiger partial charge in [-0.05, 0) is 72.2 Å². The van der Waals surface area contributed by atoms with Crippen LogP contribution in [-0.2, 0) is 6.42 Å². The van der Waals surface area contributed by atoms with Gasteiger partial charge in [-0.1, -0.05) is 28.9 Å². The highest BCUT2D eigenvalue weighted by Gasteiger charge is 2.16. The molecule has 1 amide bonds. The fourth-order valence-corrected chi connectivity index (χ4v) is 3.52. The summed E-state index contributed by atoms with van der Waals surface area (Å²) >= 11 is 6.02. The molecule has 0 fully saturated rings. The Balaban J connectivity index is 1.61. The molecule has 4 aromatic rings. The second kappa shape index (κ2) is 8.46. The first-order valence-corrected chi connectivity index (χ1v) is 9.73. The normalized spacial score (nSPS) is 10.9. The number of benzene rings is 2. The highest BCUT2D eigenvalue weighted by Crippen LogP contribution is 2.29. The van der Waals surface area contributed by atoms with E-state index in [0.29, 0.717) is 35.0 Å². The van der Waals surface area contributed by atoms with Gasteiger partial charge >= 0.3 is 0 Å². The highest BCUT2D eigenvalue weighted by molar-refractivity contribution is 6.30. The van der Waals surface area contributed by atoms with Crippen LogP contribution in [0.4, 0.5) is 0 Å². The Morgan fingerprint density at radius 2 is 2.07 bits per heavy atom. The molecule has 2 heterocycles. The molecule has 0 bridgehead atoms. The summed E-state index contributed by atoms with van der Waals surface area (Å²) in [5.74, 6) is 0.480. The van der Waals surface area contributed by atoms with Crippen LogP contribution in [0.25, 0.3) is 16.8 Å². The molecule has 0 aliphatic heterocycles. The van der Waals surface area contributed by atoms with Crippen molar-refractivity contribution in [1.82, 2.24) is 30.7 Å². The zero-order valence-electron chi connectivity index (χ0n) is 16.5. The zero-order valence-corrected chi connectivity index (χ0v) is 17.2. The largest absolute Gasteiger partial charge is 0.361 e. The second-order valence-corrected chi connectivity index (χ2v) is 7.29. The number of nitrogens with one attached hydrogen (secondary N) is 1. The lowest BCUT2D eigenvalue weighted by atomic mass is 10.00. The van der Waals surface area contributed by atoms with E-state index in [2.05, 4.69) is 26.0 Å². The van der Waals surface area contributed by atoms with Gasteiger partial charge in [-0.15, -0.1) is 5.10 Å². The van der Waals surface area contributed by atoms with E-state index in [-0.39, 0.29) is 5.91 Å². The molecule has 0 saturated heterocycles. The minimum atomic E-state index is -0.194. The third-order valence-corrected chi connectivity index (χ3v) is 4.94. The Bertz CT molecular complexity index is 1170. The van der Waals surface area contributed by atoms with Crippen LogP contribution in [0.15, 0.2) is 53.3 Å². The standard InChI is InChI=1S/C21H19ClN6O2/c1-13-20(14(2)30-25-13)16-9-17(11-19(10-16)28-12-24-26-27-28)21(29)23-7-6-15-4-3-5-18(22)8-15/h3-5,8-12H,6-7H2,1-2H3,(H,23,29). The van der Waals surface area contributed by atoms with Crippen molar-refractivity contribution < 1.29 is 9.32 Å². The van der Waals surface area contributed by atoms with E-state index in [1.165, 1.54) is 11.0 Å². The fourth-order valence-electron chi connectivity index (χ4n) is 3.31. The van der Waals surface area contributed by atoms with E-state index in [1.807, 2.05) is 50.2 Å². The quantitative estimate of drug-likeness (QED) is 0.510. The van der Waals surface area contributed by atoms with E-state index in [0.717, 1.165) is 22.4 Å². The number of carbonyl (C=O) groups excluding carboxylic acids is 1. The molecule has 0 saturated carbocycles. The highest BCUT2D eigenvalue weighted by atomic mass is 35.5. The summed E-state index contributed by atoms with van der Waals surface area (Å²) in [6.07, 6.45) is 2.16. The maximum Gasteiger partial charge on any atom is 0.251 e. The lowest BCUT2D eigenvalue weighted by Crippen LogP contribution is -2.26.